The predicted octanol–water partition coefficient (Wildman–Crippen LogP) is 2.21. The molecule has 0 unspecified atom stereocenters. The number of nitrogens with zero attached hydrogens (tertiary/aromatic N) is 8. The molecule has 4 heterocycles. The summed E-state index contributed by atoms with van der Waals surface area (Å²) in [4.78, 5) is 30.8. The third-order valence-corrected chi connectivity index (χ3v) is 5.76. The number of aromatic nitrogens is 6. The summed E-state index contributed by atoms with van der Waals surface area (Å²) in [5, 5.41) is 11.8. The highest BCUT2D eigenvalue weighted by Crippen LogP contribution is 2.22. The molecule has 1 aromatic carbocycles. The van der Waals surface area contributed by atoms with Crippen LogP contribution in [0, 0.1) is 0 Å². The first-order valence-electron chi connectivity index (χ1n) is 10.9. The molecule has 0 bridgehead atoms. The fourth-order valence-electron chi connectivity index (χ4n) is 3.90. The lowest BCUT2D eigenvalue weighted by atomic mass is 10.1. The largest absolute Gasteiger partial charge is 0.355 e. The second-order valence-electron chi connectivity index (χ2n) is 8.25. The van der Waals surface area contributed by atoms with Crippen molar-refractivity contribution in [3.63, 3.8) is 0 Å². The van der Waals surface area contributed by atoms with Gasteiger partial charge in [0.2, 0.25) is 5.95 Å². The molecule has 10 heteroatoms. The highest BCUT2D eigenvalue weighted by atomic mass is 16.1. The highest BCUT2D eigenvalue weighted by Gasteiger charge is 2.16. The summed E-state index contributed by atoms with van der Waals surface area (Å²) in [6, 6.07) is 9.33. The van der Waals surface area contributed by atoms with Gasteiger partial charge in [-0.25, -0.2) is 15.0 Å². The van der Waals surface area contributed by atoms with Crippen LogP contribution in [0.5, 0.6) is 0 Å². The van der Waals surface area contributed by atoms with E-state index in [0.717, 1.165) is 55.1 Å². The van der Waals surface area contributed by atoms with Crippen molar-refractivity contribution in [3.8, 4) is 11.3 Å². The second-order valence-corrected chi connectivity index (χ2v) is 8.25. The molecule has 1 aliphatic rings. The van der Waals surface area contributed by atoms with Crippen LogP contribution in [0.25, 0.3) is 22.2 Å². The maximum Gasteiger partial charge on any atom is 0.258 e. The number of anilines is 2. The van der Waals surface area contributed by atoms with Gasteiger partial charge in [0.1, 0.15) is 11.5 Å². The number of likely N-dealkylation sites (N-methyl/N-ethyl adjacent to an activating group) is 1. The molecular formula is C23H25N9O. The SMILES string of the molecule is CN1CCCN(c2cc(C(=O)Nc3ncc4ccc(-c5cn(C)nn5)cc4n3)ccn2)CC1. The molecule has 0 radical (unpaired) electrons. The van der Waals surface area contributed by atoms with Crippen molar-refractivity contribution in [2.45, 2.75) is 6.42 Å². The summed E-state index contributed by atoms with van der Waals surface area (Å²) in [7, 11) is 3.95. The number of hydrogen-bond donors (Lipinski definition) is 1. The number of rotatable bonds is 4. The van der Waals surface area contributed by atoms with Gasteiger partial charge in [-0.2, -0.15) is 0 Å². The van der Waals surface area contributed by atoms with E-state index in [1.165, 1.54) is 0 Å². The third kappa shape index (κ3) is 4.65. The molecule has 1 saturated heterocycles. The Bertz CT molecular complexity index is 1300. The van der Waals surface area contributed by atoms with Crippen molar-refractivity contribution in [2.75, 3.05) is 43.4 Å². The number of carbonyl (C=O) groups excluding carboxylic acids is 1. The number of amides is 1. The van der Waals surface area contributed by atoms with Crippen LogP contribution in [0.1, 0.15) is 16.8 Å². The van der Waals surface area contributed by atoms with Crippen LogP contribution in [0.4, 0.5) is 11.8 Å². The Morgan fingerprint density at radius 2 is 1.94 bits per heavy atom. The zero-order chi connectivity index (χ0) is 22.8. The van der Waals surface area contributed by atoms with Crippen molar-refractivity contribution in [2.24, 2.45) is 7.05 Å². The Labute approximate surface area is 191 Å². The van der Waals surface area contributed by atoms with Gasteiger partial charge >= 0.3 is 0 Å². The lowest BCUT2D eigenvalue weighted by Gasteiger charge is -2.21. The molecule has 10 nitrogen and oxygen atoms in total. The molecular weight excluding hydrogens is 418 g/mol. The number of pyridine rings is 1. The van der Waals surface area contributed by atoms with Crippen LogP contribution in [-0.4, -0.2) is 74.0 Å². The van der Waals surface area contributed by atoms with Gasteiger partial charge in [0.05, 0.1) is 11.7 Å². The molecule has 1 fully saturated rings. The van der Waals surface area contributed by atoms with E-state index in [-0.39, 0.29) is 11.9 Å². The summed E-state index contributed by atoms with van der Waals surface area (Å²) in [6.07, 6.45) is 6.28. The maximum atomic E-state index is 12.9. The third-order valence-electron chi connectivity index (χ3n) is 5.76. The predicted molar refractivity (Wildman–Crippen MR) is 126 cm³/mol. The average Bonchev–Trinajstić information content (AvgIpc) is 3.15. The Hall–Kier alpha value is -3.92. The van der Waals surface area contributed by atoms with Gasteiger partial charge in [0.15, 0.2) is 0 Å². The Balaban J connectivity index is 1.35. The summed E-state index contributed by atoms with van der Waals surface area (Å²) in [5.74, 6) is 0.791. The molecule has 1 amide bonds. The fourth-order valence-corrected chi connectivity index (χ4v) is 3.90. The van der Waals surface area contributed by atoms with E-state index in [0.29, 0.717) is 11.1 Å². The Morgan fingerprint density at radius 3 is 2.79 bits per heavy atom. The van der Waals surface area contributed by atoms with Crippen molar-refractivity contribution in [3.05, 3.63) is 54.5 Å². The van der Waals surface area contributed by atoms with Crippen molar-refractivity contribution >= 4 is 28.6 Å². The smallest absolute Gasteiger partial charge is 0.258 e. The summed E-state index contributed by atoms with van der Waals surface area (Å²) >= 11 is 0. The van der Waals surface area contributed by atoms with E-state index < -0.39 is 0 Å². The number of hydrogen-bond acceptors (Lipinski definition) is 8. The minimum absolute atomic E-state index is 0.249. The number of fused-ring (bicyclic) bond motifs is 1. The minimum Gasteiger partial charge on any atom is -0.355 e. The van der Waals surface area contributed by atoms with Gasteiger partial charge in [0, 0.05) is 55.6 Å². The normalized spacial score (nSPS) is 14.9. The van der Waals surface area contributed by atoms with E-state index in [4.69, 9.17) is 0 Å². The van der Waals surface area contributed by atoms with Crippen LogP contribution < -0.4 is 10.2 Å². The van der Waals surface area contributed by atoms with E-state index in [1.807, 2.05) is 37.5 Å². The number of benzene rings is 1. The quantitative estimate of drug-likeness (QED) is 0.512. The van der Waals surface area contributed by atoms with Gasteiger partial charge in [-0.3, -0.25) is 14.8 Å². The van der Waals surface area contributed by atoms with Gasteiger partial charge in [-0.05, 0) is 38.2 Å². The molecule has 3 aromatic heterocycles. The average molecular weight is 444 g/mol. The van der Waals surface area contributed by atoms with E-state index >= 15 is 0 Å². The first-order chi connectivity index (χ1) is 16.0. The molecule has 33 heavy (non-hydrogen) atoms. The molecule has 4 aromatic rings. The zero-order valence-corrected chi connectivity index (χ0v) is 18.6. The molecule has 1 N–H and O–H groups in total. The van der Waals surface area contributed by atoms with Crippen LogP contribution in [0.3, 0.4) is 0 Å². The Morgan fingerprint density at radius 1 is 1.03 bits per heavy atom. The Kier molecular flexibility index (Phi) is 5.66. The first-order valence-corrected chi connectivity index (χ1v) is 10.9. The standard InChI is InChI=1S/C23H25N9O/c1-30-8-3-9-32(11-10-30)21-13-17(6-7-24-21)22(33)27-23-25-14-18-5-4-16(12-19(18)26-23)20-15-31(2)29-28-20/h4-7,12-15H,3,8-11H2,1-2H3,(H,25,26,27,33). The lowest BCUT2D eigenvalue weighted by molar-refractivity contribution is 0.102. The van der Waals surface area contributed by atoms with E-state index in [1.54, 1.807) is 23.1 Å². The lowest BCUT2D eigenvalue weighted by Crippen LogP contribution is -2.29. The topological polar surface area (TPSA) is 105 Å². The summed E-state index contributed by atoms with van der Waals surface area (Å²) in [5.41, 5.74) is 2.89. The molecule has 0 spiro atoms. The van der Waals surface area contributed by atoms with Gasteiger partial charge in [-0.15, -0.1) is 5.10 Å². The van der Waals surface area contributed by atoms with Crippen LogP contribution >= 0.6 is 0 Å². The van der Waals surface area contributed by atoms with Gasteiger partial charge in [-0.1, -0.05) is 17.3 Å². The molecule has 0 atom stereocenters. The summed E-state index contributed by atoms with van der Waals surface area (Å²) < 4.78 is 1.65. The summed E-state index contributed by atoms with van der Waals surface area (Å²) in [6.45, 7) is 3.84. The van der Waals surface area contributed by atoms with Gasteiger partial charge < -0.3 is 9.80 Å². The number of carbonyl (C=O) groups is 1. The van der Waals surface area contributed by atoms with Crippen molar-refractivity contribution < 1.29 is 4.79 Å². The second kappa shape index (κ2) is 8.91. The molecule has 0 aliphatic carbocycles. The van der Waals surface area contributed by atoms with E-state index in [9.17, 15) is 4.79 Å². The van der Waals surface area contributed by atoms with Crippen molar-refractivity contribution in [1.29, 1.82) is 0 Å². The number of aryl methyl sites for hydroxylation is 1. The van der Waals surface area contributed by atoms with Gasteiger partial charge in [0.25, 0.3) is 5.91 Å². The highest BCUT2D eigenvalue weighted by molar-refractivity contribution is 6.04. The maximum absolute atomic E-state index is 12.9. The molecule has 168 valence electrons. The van der Waals surface area contributed by atoms with Crippen LogP contribution in [0.15, 0.2) is 48.9 Å². The molecule has 5 rings (SSSR count). The van der Waals surface area contributed by atoms with E-state index in [2.05, 4.69) is 47.4 Å². The van der Waals surface area contributed by atoms with Crippen LogP contribution in [0.2, 0.25) is 0 Å². The molecule has 0 saturated carbocycles. The first kappa shape index (κ1) is 21.0. The zero-order valence-electron chi connectivity index (χ0n) is 18.6. The van der Waals surface area contributed by atoms with Crippen molar-refractivity contribution in [1.82, 2.24) is 34.8 Å². The molecule has 1 aliphatic heterocycles. The monoisotopic (exact) mass is 443 g/mol. The number of nitrogens with one attached hydrogen (secondary N) is 1. The fraction of sp³-hybridized carbons (Fsp3) is 0.304. The minimum atomic E-state index is -0.268. The van der Waals surface area contributed by atoms with Crippen LogP contribution in [-0.2, 0) is 7.05 Å².